The Kier molecular flexibility index (Phi) is 11.2. The zero-order valence-electron chi connectivity index (χ0n) is 28.8. The van der Waals surface area contributed by atoms with Crippen LogP contribution in [0.2, 0.25) is 0 Å². The summed E-state index contributed by atoms with van der Waals surface area (Å²) in [6.45, 7) is 2.96. The summed E-state index contributed by atoms with van der Waals surface area (Å²) in [4.78, 5) is 11.5. The minimum Gasteiger partial charge on any atom is -0.491 e. The van der Waals surface area contributed by atoms with Crippen molar-refractivity contribution in [2.45, 2.75) is 77.7 Å². The van der Waals surface area contributed by atoms with Gasteiger partial charge in [-0.15, -0.1) is 0 Å². The van der Waals surface area contributed by atoms with Crippen LogP contribution < -0.4 is 15.4 Å². The summed E-state index contributed by atoms with van der Waals surface area (Å²) in [5.74, 6) is 0.261. The van der Waals surface area contributed by atoms with Crippen molar-refractivity contribution in [1.82, 2.24) is 14.9 Å². The molecule has 1 saturated carbocycles. The maximum absolute atomic E-state index is 13.7. The van der Waals surface area contributed by atoms with Gasteiger partial charge in [0, 0.05) is 39.1 Å². The maximum atomic E-state index is 13.7. The number of nitrogens with zero attached hydrogens (tertiary/aromatic N) is 1. The average Bonchev–Trinajstić information content (AvgIpc) is 3.86. The van der Waals surface area contributed by atoms with Crippen LogP contribution in [0.3, 0.4) is 0 Å². The predicted octanol–water partition coefficient (Wildman–Crippen LogP) is 2.67. The smallest absolute Gasteiger partial charge is 0.243 e. The molecule has 3 aromatic carbocycles. The van der Waals surface area contributed by atoms with Gasteiger partial charge >= 0.3 is 0 Å². The third-order valence-corrected chi connectivity index (χ3v) is 14.7. The molecule has 276 valence electrons. The number of benzene rings is 3. The minimum absolute atomic E-state index is 0.0158. The van der Waals surface area contributed by atoms with E-state index in [0.29, 0.717) is 70.5 Å². The highest BCUT2D eigenvalue weighted by Crippen LogP contribution is 2.46. The Morgan fingerprint density at radius 3 is 2.35 bits per heavy atom. The van der Waals surface area contributed by atoms with Gasteiger partial charge in [0.05, 0.1) is 33.4 Å². The van der Waals surface area contributed by atoms with Gasteiger partial charge in [-0.1, -0.05) is 42.5 Å². The number of amides is 1. The summed E-state index contributed by atoms with van der Waals surface area (Å²) < 4.78 is 65.6. The lowest BCUT2D eigenvalue weighted by atomic mass is 9.88. The van der Waals surface area contributed by atoms with Gasteiger partial charge in [-0.2, -0.15) is 4.31 Å². The zero-order chi connectivity index (χ0) is 36.3. The Labute approximate surface area is 300 Å². The van der Waals surface area contributed by atoms with Crippen LogP contribution in [0.15, 0.2) is 82.6 Å². The van der Waals surface area contributed by atoms with Crippen molar-refractivity contribution >= 4 is 25.8 Å². The number of ether oxygens (including phenoxy) is 2. The molecular formula is C37H47N3O9S2. The zero-order valence-corrected chi connectivity index (χ0v) is 30.4. The summed E-state index contributed by atoms with van der Waals surface area (Å²) in [5.41, 5.74) is 2.36. The number of piperidine rings is 1. The fourth-order valence-electron chi connectivity index (χ4n) is 6.88. The van der Waals surface area contributed by atoms with Crippen LogP contribution in [0, 0.1) is 0 Å². The Morgan fingerprint density at radius 2 is 1.67 bits per heavy atom. The second-order valence-electron chi connectivity index (χ2n) is 13.9. The molecule has 1 aliphatic carbocycles. The number of rotatable bonds is 15. The van der Waals surface area contributed by atoms with Crippen LogP contribution in [0.25, 0.3) is 11.1 Å². The highest BCUT2D eigenvalue weighted by atomic mass is 32.2. The SMILES string of the molecule is CC(=O)NCCc1ccc(-c2cccc(S(=O)(=O)N3CCC4(CC3)C[C@H](NCC(O)COc3cccc(S(=O)(=O)C5(CO)CC5)c3)CO4)c2)cc1. The molecule has 4 N–H and O–H groups in total. The second-order valence-corrected chi connectivity index (χ2v) is 18.2. The van der Waals surface area contributed by atoms with Crippen molar-refractivity contribution < 1.29 is 41.3 Å². The molecule has 0 bridgehead atoms. The molecule has 6 rings (SSSR count). The fourth-order valence-corrected chi connectivity index (χ4v) is 10.2. The quantitative estimate of drug-likeness (QED) is 0.182. The molecule has 51 heavy (non-hydrogen) atoms. The van der Waals surface area contributed by atoms with Crippen LogP contribution in [0.5, 0.6) is 5.75 Å². The summed E-state index contributed by atoms with van der Waals surface area (Å²) in [6, 6.07) is 21.0. The van der Waals surface area contributed by atoms with Crippen LogP contribution in [0.4, 0.5) is 0 Å². The van der Waals surface area contributed by atoms with Crippen molar-refractivity contribution in [3.8, 4) is 16.9 Å². The molecule has 12 nitrogen and oxygen atoms in total. The minimum atomic E-state index is -3.72. The van der Waals surface area contributed by atoms with Crippen LogP contribution in [-0.4, -0.2) is 106 Å². The van der Waals surface area contributed by atoms with E-state index in [-0.39, 0.29) is 34.9 Å². The Morgan fingerprint density at radius 1 is 0.961 bits per heavy atom. The highest BCUT2D eigenvalue weighted by molar-refractivity contribution is 7.93. The monoisotopic (exact) mass is 741 g/mol. The van der Waals surface area contributed by atoms with Gasteiger partial charge in [-0.25, -0.2) is 16.8 Å². The molecule has 14 heteroatoms. The van der Waals surface area contributed by atoms with Gasteiger partial charge in [-0.05, 0) is 85.5 Å². The molecule has 2 heterocycles. The van der Waals surface area contributed by atoms with E-state index in [1.54, 1.807) is 30.3 Å². The first-order chi connectivity index (χ1) is 24.3. The van der Waals surface area contributed by atoms with E-state index in [4.69, 9.17) is 9.47 Å². The van der Waals surface area contributed by atoms with Gasteiger partial charge in [0.1, 0.15) is 18.5 Å². The molecule has 1 amide bonds. The Balaban J connectivity index is 0.964. The van der Waals surface area contributed by atoms with Gasteiger partial charge in [0.2, 0.25) is 15.9 Å². The number of sulfonamides is 1. The fraction of sp³-hybridized carbons (Fsp3) is 0.486. The van der Waals surface area contributed by atoms with E-state index in [0.717, 1.165) is 16.7 Å². The highest BCUT2D eigenvalue weighted by Gasteiger charge is 2.54. The number of carbonyl (C=O) groups is 1. The molecule has 1 unspecified atom stereocenters. The van der Waals surface area contributed by atoms with E-state index < -0.39 is 42.9 Å². The van der Waals surface area contributed by atoms with Crippen molar-refractivity contribution in [3.05, 3.63) is 78.4 Å². The van der Waals surface area contributed by atoms with Crippen molar-refractivity contribution in [2.24, 2.45) is 0 Å². The summed E-state index contributed by atoms with van der Waals surface area (Å²) >= 11 is 0. The predicted molar refractivity (Wildman–Crippen MR) is 192 cm³/mol. The number of aliphatic hydroxyl groups excluding tert-OH is 2. The van der Waals surface area contributed by atoms with Gasteiger partial charge < -0.3 is 30.3 Å². The molecule has 3 aliphatic rings. The Bertz CT molecular complexity index is 1910. The van der Waals surface area contributed by atoms with Crippen molar-refractivity contribution in [1.29, 1.82) is 0 Å². The second kappa shape index (κ2) is 15.3. The number of carbonyl (C=O) groups excluding carboxylic acids is 1. The largest absolute Gasteiger partial charge is 0.491 e. The summed E-state index contributed by atoms with van der Waals surface area (Å²) in [6.07, 6.45) is 2.53. The lowest BCUT2D eigenvalue weighted by Crippen LogP contribution is -2.47. The van der Waals surface area contributed by atoms with Gasteiger partial charge in [0.15, 0.2) is 9.84 Å². The van der Waals surface area contributed by atoms with E-state index in [1.807, 2.05) is 30.3 Å². The first-order valence-electron chi connectivity index (χ1n) is 17.4. The third-order valence-electron chi connectivity index (χ3n) is 10.3. The average molecular weight is 742 g/mol. The van der Waals surface area contributed by atoms with Gasteiger partial charge in [0.25, 0.3) is 0 Å². The number of hydrogen-bond acceptors (Lipinski definition) is 10. The van der Waals surface area contributed by atoms with E-state index in [1.165, 1.54) is 23.4 Å². The van der Waals surface area contributed by atoms with Crippen LogP contribution >= 0.6 is 0 Å². The van der Waals surface area contributed by atoms with E-state index in [9.17, 15) is 31.8 Å². The Hall–Kier alpha value is -3.37. The van der Waals surface area contributed by atoms with Crippen LogP contribution in [-0.2, 0) is 35.8 Å². The van der Waals surface area contributed by atoms with Gasteiger partial charge in [-0.3, -0.25) is 4.79 Å². The number of sulfone groups is 1. The summed E-state index contributed by atoms with van der Waals surface area (Å²) in [7, 11) is -7.40. The molecule has 0 aromatic heterocycles. The molecular weight excluding hydrogens is 695 g/mol. The number of aliphatic hydroxyl groups is 2. The number of hydrogen-bond donors (Lipinski definition) is 4. The van der Waals surface area contributed by atoms with E-state index in [2.05, 4.69) is 10.6 Å². The van der Waals surface area contributed by atoms with Crippen molar-refractivity contribution in [3.63, 3.8) is 0 Å². The van der Waals surface area contributed by atoms with Crippen LogP contribution in [0.1, 0.15) is 44.6 Å². The standard InChI is InChI=1S/C37H47N3O9S2/c1-27(42)38-17-12-28-8-10-29(11-9-28)30-4-2-7-35(20-30)51(46,47)40-18-15-36(16-19-40)22-31(24-49-36)39-23-32(43)25-48-33-5-3-6-34(21-33)50(44,45)37(26-41)13-14-37/h2-11,20-21,31-32,39,41,43H,12-19,22-26H2,1H3,(H,38,42)/t31-,32?/m0/s1. The topological polar surface area (TPSA) is 172 Å². The normalized spacial score (nSPS) is 20.6. The number of nitrogens with one attached hydrogen (secondary N) is 2. The lowest BCUT2D eigenvalue weighted by Gasteiger charge is -2.38. The molecule has 1 spiro atoms. The molecule has 0 radical (unpaired) electrons. The molecule has 3 aromatic rings. The molecule has 2 saturated heterocycles. The third kappa shape index (κ3) is 8.48. The molecule has 3 fully saturated rings. The summed E-state index contributed by atoms with van der Waals surface area (Å²) in [5, 5.41) is 26.3. The first kappa shape index (κ1) is 37.4. The van der Waals surface area contributed by atoms with E-state index >= 15 is 0 Å². The first-order valence-corrected chi connectivity index (χ1v) is 20.3. The van der Waals surface area contributed by atoms with Crippen molar-refractivity contribution in [2.75, 3.05) is 46.0 Å². The molecule has 2 aliphatic heterocycles. The molecule has 2 atom stereocenters. The lowest BCUT2D eigenvalue weighted by molar-refractivity contribution is -0.118. The maximum Gasteiger partial charge on any atom is 0.243 e.